The maximum atomic E-state index is 5.44. The number of nitrogens with zero attached hydrogens (tertiary/aromatic N) is 2. The van der Waals surface area contributed by atoms with Crippen molar-refractivity contribution in [3.8, 4) is 0 Å². The van der Waals surface area contributed by atoms with Crippen LogP contribution in [0.4, 0.5) is 5.82 Å². The van der Waals surface area contributed by atoms with Crippen molar-refractivity contribution in [2.24, 2.45) is 5.92 Å². The van der Waals surface area contributed by atoms with E-state index in [1.807, 2.05) is 26.0 Å². The summed E-state index contributed by atoms with van der Waals surface area (Å²) in [7, 11) is 0. The highest BCUT2D eigenvalue weighted by molar-refractivity contribution is 5.34. The van der Waals surface area contributed by atoms with Crippen molar-refractivity contribution in [3.05, 3.63) is 17.8 Å². The molecule has 0 saturated heterocycles. The van der Waals surface area contributed by atoms with Crippen LogP contribution in [0.2, 0.25) is 0 Å². The quantitative estimate of drug-likeness (QED) is 0.803. The SMILES string of the molecule is CCOCC(Nc1ccc(C)nn1)C(C)C. The maximum absolute atomic E-state index is 5.44. The molecule has 0 amide bonds. The molecule has 0 spiro atoms. The number of aromatic nitrogens is 2. The summed E-state index contributed by atoms with van der Waals surface area (Å²) in [6, 6.07) is 4.17. The molecule has 90 valence electrons. The number of rotatable bonds is 6. The highest BCUT2D eigenvalue weighted by Crippen LogP contribution is 2.10. The van der Waals surface area contributed by atoms with E-state index in [9.17, 15) is 0 Å². The standard InChI is InChI=1S/C12H21N3O/c1-5-16-8-11(9(2)3)13-12-7-6-10(4)14-15-12/h6-7,9,11H,5,8H2,1-4H3,(H,13,15). The minimum Gasteiger partial charge on any atom is -0.380 e. The molecule has 0 saturated carbocycles. The zero-order valence-electron chi connectivity index (χ0n) is 10.5. The summed E-state index contributed by atoms with van der Waals surface area (Å²) in [6.45, 7) is 9.70. The van der Waals surface area contributed by atoms with Gasteiger partial charge in [-0.1, -0.05) is 13.8 Å². The van der Waals surface area contributed by atoms with E-state index in [0.29, 0.717) is 12.5 Å². The smallest absolute Gasteiger partial charge is 0.148 e. The van der Waals surface area contributed by atoms with E-state index in [1.165, 1.54) is 0 Å². The van der Waals surface area contributed by atoms with Crippen LogP contribution >= 0.6 is 0 Å². The Morgan fingerprint density at radius 1 is 1.31 bits per heavy atom. The Morgan fingerprint density at radius 2 is 2.06 bits per heavy atom. The third kappa shape index (κ3) is 4.14. The first-order chi connectivity index (χ1) is 7.63. The van der Waals surface area contributed by atoms with Gasteiger partial charge in [-0.15, -0.1) is 5.10 Å². The second-order valence-corrected chi connectivity index (χ2v) is 4.21. The van der Waals surface area contributed by atoms with Gasteiger partial charge in [0.1, 0.15) is 5.82 Å². The van der Waals surface area contributed by atoms with Crippen molar-refractivity contribution >= 4 is 5.82 Å². The fourth-order valence-corrected chi connectivity index (χ4v) is 1.31. The van der Waals surface area contributed by atoms with Crippen LogP contribution in [0.25, 0.3) is 0 Å². The number of anilines is 1. The average Bonchev–Trinajstić information content (AvgIpc) is 2.26. The topological polar surface area (TPSA) is 47.0 Å². The lowest BCUT2D eigenvalue weighted by atomic mass is 10.1. The monoisotopic (exact) mass is 223 g/mol. The van der Waals surface area contributed by atoms with E-state index in [2.05, 4.69) is 29.4 Å². The van der Waals surface area contributed by atoms with Gasteiger partial charge in [-0.3, -0.25) is 0 Å². The minimum atomic E-state index is 0.275. The normalized spacial score (nSPS) is 12.8. The highest BCUT2D eigenvalue weighted by atomic mass is 16.5. The first-order valence-electron chi connectivity index (χ1n) is 5.78. The van der Waals surface area contributed by atoms with Crippen LogP contribution in [0, 0.1) is 12.8 Å². The second-order valence-electron chi connectivity index (χ2n) is 4.21. The van der Waals surface area contributed by atoms with Crippen LogP contribution in [-0.4, -0.2) is 29.5 Å². The Labute approximate surface area is 97.4 Å². The van der Waals surface area contributed by atoms with E-state index in [0.717, 1.165) is 18.1 Å². The molecule has 1 aromatic rings. The van der Waals surface area contributed by atoms with Crippen molar-refractivity contribution in [2.45, 2.75) is 33.7 Å². The van der Waals surface area contributed by atoms with Crippen LogP contribution in [0.5, 0.6) is 0 Å². The zero-order chi connectivity index (χ0) is 12.0. The summed E-state index contributed by atoms with van der Waals surface area (Å²) in [5.74, 6) is 1.30. The van der Waals surface area contributed by atoms with E-state index in [-0.39, 0.29) is 6.04 Å². The molecule has 1 N–H and O–H groups in total. The van der Waals surface area contributed by atoms with Gasteiger partial charge in [-0.05, 0) is 31.9 Å². The Bertz CT molecular complexity index is 298. The average molecular weight is 223 g/mol. The highest BCUT2D eigenvalue weighted by Gasteiger charge is 2.13. The third-order valence-corrected chi connectivity index (χ3v) is 2.44. The van der Waals surface area contributed by atoms with Crippen LogP contribution in [0.3, 0.4) is 0 Å². The summed E-state index contributed by atoms with van der Waals surface area (Å²) in [5, 5.41) is 11.5. The summed E-state index contributed by atoms with van der Waals surface area (Å²) in [4.78, 5) is 0. The summed E-state index contributed by atoms with van der Waals surface area (Å²) < 4.78 is 5.44. The molecule has 1 aromatic heterocycles. The van der Waals surface area contributed by atoms with Crippen molar-refractivity contribution in [1.29, 1.82) is 0 Å². The number of nitrogens with one attached hydrogen (secondary N) is 1. The summed E-state index contributed by atoms with van der Waals surface area (Å²) in [6.07, 6.45) is 0. The molecule has 1 unspecified atom stereocenters. The van der Waals surface area contributed by atoms with Crippen LogP contribution in [0.15, 0.2) is 12.1 Å². The Balaban J connectivity index is 2.57. The van der Waals surface area contributed by atoms with Crippen LogP contribution < -0.4 is 5.32 Å². The number of hydrogen-bond donors (Lipinski definition) is 1. The van der Waals surface area contributed by atoms with Gasteiger partial charge in [0, 0.05) is 6.61 Å². The molecule has 0 fully saturated rings. The molecular weight excluding hydrogens is 202 g/mol. The van der Waals surface area contributed by atoms with Crippen molar-refractivity contribution in [3.63, 3.8) is 0 Å². The first-order valence-corrected chi connectivity index (χ1v) is 5.78. The largest absolute Gasteiger partial charge is 0.380 e. The molecule has 4 heteroatoms. The van der Waals surface area contributed by atoms with Crippen molar-refractivity contribution < 1.29 is 4.74 Å². The molecule has 4 nitrogen and oxygen atoms in total. The van der Waals surface area contributed by atoms with E-state index >= 15 is 0 Å². The zero-order valence-corrected chi connectivity index (χ0v) is 10.5. The van der Waals surface area contributed by atoms with E-state index < -0.39 is 0 Å². The molecule has 0 bridgehead atoms. The lowest BCUT2D eigenvalue weighted by Crippen LogP contribution is -2.31. The van der Waals surface area contributed by atoms with Crippen molar-refractivity contribution in [1.82, 2.24) is 10.2 Å². The van der Waals surface area contributed by atoms with E-state index in [1.54, 1.807) is 0 Å². The second kappa shape index (κ2) is 6.43. The summed E-state index contributed by atoms with van der Waals surface area (Å²) >= 11 is 0. The van der Waals surface area contributed by atoms with Gasteiger partial charge < -0.3 is 10.1 Å². The van der Waals surface area contributed by atoms with Crippen LogP contribution in [-0.2, 0) is 4.74 Å². The first kappa shape index (κ1) is 12.9. The van der Waals surface area contributed by atoms with Gasteiger partial charge in [0.2, 0.25) is 0 Å². The Hall–Kier alpha value is -1.16. The molecular formula is C12H21N3O. The molecule has 0 radical (unpaired) electrons. The molecule has 0 aliphatic carbocycles. The van der Waals surface area contributed by atoms with Gasteiger partial charge in [-0.2, -0.15) is 5.10 Å². The molecule has 1 atom stereocenters. The van der Waals surface area contributed by atoms with Gasteiger partial charge in [-0.25, -0.2) is 0 Å². The van der Waals surface area contributed by atoms with Gasteiger partial charge in [0.25, 0.3) is 0 Å². The number of ether oxygens (including phenoxy) is 1. The molecule has 16 heavy (non-hydrogen) atoms. The maximum Gasteiger partial charge on any atom is 0.148 e. The van der Waals surface area contributed by atoms with Crippen LogP contribution in [0.1, 0.15) is 26.5 Å². The fourth-order valence-electron chi connectivity index (χ4n) is 1.31. The molecule has 0 aliphatic rings. The van der Waals surface area contributed by atoms with Gasteiger partial charge in [0.05, 0.1) is 18.3 Å². The summed E-state index contributed by atoms with van der Waals surface area (Å²) in [5.41, 5.74) is 0.927. The molecule has 1 heterocycles. The van der Waals surface area contributed by atoms with Gasteiger partial charge >= 0.3 is 0 Å². The van der Waals surface area contributed by atoms with Crippen molar-refractivity contribution in [2.75, 3.05) is 18.5 Å². The fraction of sp³-hybridized carbons (Fsp3) is 0.667. The molecule has 0 aliphatic heterocycles. The molecule has 0 aromatic carbocycles. The predicted octanol–water partition coefficient (Wildman–Crippen LogP) is 2.26. The lowest BCUT2D eigenvalue weighted by molar-refractivity contribution is 0.126. The Morgan fingerprint density at radius 3 is 2.56 bits per heavy atom. The number of hydrogen-bond acceptors (Lipinski definition) is 4. The minimum absolute atomic E-state index is 0.275. The third-order valence-electron chi connectivity index (χ3n) is 2.44. The Kier molecular flexibility index (Phi) is 5.19. The predicted molar refractivity (Wildman–Crippen MR) is 65.5 cm³/mol. The molecule has 1 rings (SSSR count). The number of aryl methyl sites for hydroxylation is 1. The van der Waals surface area contributed by atoms with E-state index in [4.69, 9.17) is 4.74 Å². The lowest BCUT2D eigenvalue weighted by Gasteiger charge is -2.22. The van der Waals surface area contributed by atoms with Gasteiger partial charge in [0.15, 0.2) is 0 Å².